The standard InChI is InChI=1S/C20H19N3O3/c1-13(2)26-17-9-7-14(8-10-17)20(25)23-21-12-16-11-15-5-3-4-6-18(15)22-19(16)24/h3-13H,1-2H3,(H,22,24)(H,23,25)/b21-12+. The third-order valence-corrected chi connectivity index (χ3v) is 3.64. The molecule has 3 rings (SSSR count). The van der Waals surface area contributed by atoms with Gasteiger partial charge in [0.05, 0.1) is 17.9 Å². The van der Waals surface area contributed by atoms with Crippen molar-refractivity contribution >= 4 is 23.0 Å². The first-order chi connectivity index (χ1) is 12.5. The number of carbonyl (C=O) groups excluding carboxylic acids is 1. The van der Waals surface area contributed by atoms with Gasteiger partial charge in [-0.25, -0.2) is 5.43 Å². The molecule has 0 saturated heterocycles. The SMILES string of the molecule is CC(C)Oc1ccc(C(=O)N/N=C/c2cc3ccccc3[nH]c2=O)cc1. The number of nitrogens with zero attached hydrogens (tertiary/aromatic N) is 1. The van der Waals surface area contributed by atoms with Gasteiger partial charge in [0.25, 0.3) is 11.5 Å². The molecular formula is C20H19N3O3. The van der Waals surface area contributed by atoms with Crippen LogP contribution < -0.4 is 15.7 Å². The minimum atomic E-state index is -0.366. The van der Waals surface area contributed by atoms with Gasteiger partial charge in [0.1, 0.15) is 5.75 Å². The Morgan fingerprint density at radius 2 is 1.88 bits per heavy atom. The zero-order chi connectivity index (χ0) is 18.5. The summed E-state index contributed by atoms with van der Waals surface area (Å²) in [7, 11) is 0. The van der Waals surface area contributed by atoms with Crippen molar-refractivity contribution in [2.45, 2.75) is 20.0 Å². The van der Waals surface area contributed by atoms with Gasteiger partial charge in [-0.3, -0.25) is 9.59 Å². The van der Waals surface area contributed by atoms with Crippen LogP contribution in [0.2, 0.25) is 0 Å². The zero-order valence-electron chi connectivity index (χ0n) is 14.5. The number of hydrazone groups is 1. The number of aromatic amines is 1. The molecule has 0 bridgehead atoms. The number of ether oxygens (including phenoxy) is 1. The zero-order valence-corrected chi connectivity index (χ0v) is 14.5. The van der Waals surface area contributed by atoms with Crippen LogP contribution in [0.25, 0.3) is 10.9 Å². The number of benzene rings is 2. The van der Waals surface area contributed by atoms with E-state index in [1.165, 1.54) is 6.21 Å². The highest BCUT2D eigenvalue weighted by molar-refractivity contribution is 5.95. The van der Waals surface area contributed by atoms with Crippen molar-refractivity contribution in [1.29, 1.82) is 0 Å². The molecule has 0 atom stereocenters. The van der Waals surface area contributed by atoms with E-state index in [1.54, 1.807) is 30.3 Å². The summed E-state index contributed by atoms with van der Waals surface area (Å²) >= 11 is 0. The molecule has 26 heavy (non-hydrogen) atoms. The number of hydrogen-bond donors (Lipinski definition) is 2. The summed E-state index contributed by atoms with van der Waals surface area (Å²) in [6.07, 6.45) is 1.40. The number of amides is 1. The maximum Gasteiger partial charge on any atom is 0.271 e. The lowest BCUT2D eigenvalue weighted by Crippen LogP contribution is -2.19. The normalized spacial score (nSPS) is 11.2. The Morgan fingerprint density at radius 3 is 2.62 bits per heavy atom. The first-order valence-corrected chi connectivity index (χ1v) is 8.25. The van der Waals surface area contributed by atoms with Crippen LogP contribution in [-0.2, 0) is 0 Å². The van der Waals surface area contributed by atoms with Gasteiger partial charge in [0, 0.05) is 11.1 Å². The number of carbonyl (C=O) groups is 1. The average Bonchev–Trinajstić information content (AvgIpc) is 2.62. The number of nitrogens with one attached hydrogen (secondary N) is 2. The lowest BCUT2D eigenvalue weighted by atomic mass is 10.2. The van der Waals surface area contributed by atoms with Gasteiger partial charge < -0.3 is 9.72 Å². The van der Waals surface area contributed by atoms with Crippen LogP contribution in [0.3, 0.4) is 0 Å². The number of aromatic nitrogens is 1. The monoisotopic (exact) mass is 349 g/mol. The summed E-state index contributed by atoms with van der Waals surface area (Å²) in [6, 6.07) is 16.0. The Kier molecular flexibility index (Phi) is 5.12. The number of hydrogen-bond acceptors (Lipinski definition) is 4. The first kappa shape index (κ1) is 17.4. The topological polar surface area (TPSA) is 83.5 Å². The first-order valence-electron chi connectivity index (χ1n) is 8.25. The van der Waals surface area contributed by atoms with E-state index in [4.69, 9.17) is 4.74 Å². The third kappa shape index (κ3) is 4.16. The predicted molar refractivity (Wildman–Crippen MR) is 102 cm³/mol. The molecular weight excluding hydrogens is 330 g/mol. The van der Waals surface area contributed by atoms with E-state index in [0.29, 0.717) is 16.9 Å². The average molecular weight is 349 g/mol. The van der Waals surface area contributed by atoms with Gasteiger partial charge in [-0.1, -0.05) is 18.2 Å². The van der Waals surface area contributed by atoms with Crippen molar-refractivity contribution in [3.63, 3.8) is 0 Å². The highest BCUT2D eigenvalue weighted by atomic mass is 16.5. The molecule has 6 nitrogen and oxygen atoms in total. The Bertz CT molecular complexity index is 1000. The molecule has 0 spiro atoms. The second-order valence-electron chi connectivity index (χ2n) is 6.03. The van der Waals surface area contributed by atoms with Crippen molar-refractivity contribution in [3.8, 4) is 5.75 Å². The Morgan fingerprint density at radius 1 is 1.15 bits per heavy atom. The van der Waals surface area contributed by atoms with E-state index >= 15 is 0 Å². The highest BCUT2D eigenvalue weighted by Crippen LogP contribution is 2.13. The summed E-state index contributed by atoms with van der Waals surface area (Å²) < 4.78 is 5.54. The fourth-order valence-electron chi connectivity index (χ4n) is 2.44. The molecule has 0 aliphatic rings. The van der Waals surface area contributed by atoms with Gasteiger partial charge >= 0.3 is 0 Å². The number of rotatable bonds is 5. The molecule has 0 fully saturated rings. The molecule has 2 aromatic carbocycles. The van der Waals surface area contributed by atoms with Gasteiger partial charge in [0.15, 0.2) is 0 Å². The molecule has 1 amide bonds. The molecule has 1 aromatic heterocycles. The Balaban J connectivity index is 1.69. The molecule has 0 saturated carbocycles. The van der Waals surface area contributed by atoms with E-state index in [9.17, 15) is 9.59 Å². The third-order valence-electron chi connectivity index (χ3n) is 3.64. The van der Waals surface area contributed by atoms with Gasteiger partial charge in [0.2, 0.25) is 0 Å². The minimum absolute atomic E-state index is 0.0688. The van der Waals surface area contributed by atoms with Crippen molar-refractivity contribution in [1.82, 2.24) is 10.4 Å². The van der Waals surface area contributed by atoms with Crippen LogP contribution in [0.1, 0.15) is 29.8 Å². The van der Waals surface area contributed by atoms with Crippen LogP contribution in [0.4, 0.5) is 0 Å². The van der Waals surface area contributed by atoms with E-state index < -0.39 is 0 Å². The fraction of sp³-hybridized carbons (Fsp3) is 0.150. The molecule has 0 radical (unpaired) electrons. The maximum atomic E-state index is 12.1. The maximum absolute atomic E-state index is 12.1. The molecule has 0 aliphatic heterocycles. The quantitative estimate of drug-likeness (QED) is 0.548. The second-order valence-corrected chi connectivity index (χ2v) is 6.03. The summed E-state index contributed by atoms with van der Waals surface area (Å²) in [5, 5.41) is 4.77. The largest absolute Gasteiger partial charge is 0.491 e. The van der Waals surface area contributed by atoms with Crippen molar-refractivity contribution in [2.75, 3.05) is 0 Å². The van der Waals surface area contributed by atoms with Gasteiger partial charge in [-0.15, -0.1) is 0 Å². The Hall–Kier alpha value is -3.41. The summed E-state index contributed by atoms with van der Waals surface area (Å²) in [6.45, 7) is 3.87. The lowest BCUT2D eigenvalue weighted by molar-refractivity contribution is 0.0955. The van der Waals surface area contributed by atoms with Gasteiger partial charge in [-0.2, -0.15) is 5.10 Å². The molecule has 0 unspecified atom stereocenters. The van der Waals surface area contributed by atoms with E-state index in [-0.39, 0.29) is 17.6 Å². The lowest BCUT2D eigenvalue weighted by Gasteiger charge is -2.09. The molecule has 6 heteroatoms. The van der Waals surface area contributed by atoms with E-state index in [1.807, 2.05) is 38.1 Å². The van der Waals surface area contributed by atoms with Crippen molar-refractivity contribution in [3.05, 3.63) is 76.1 Å². The number of pyridine rings is 1. The second kappa shape index (κ2) is 7.65. The van der Waals surface area contributed by atoms with Gasteiger partial charge in [-0.05, 0) is 55.6 Å². The van der Waals surface area contributed by atoms with Crippen LogP contribution in [0.15, 0.2) is 64.5 Å². The van der Waals surface area contributed by atoms with E-state index in [0.717, 1.165) is 10.9 Å². The van der Waals surface area contributed by atoms with Crippen LogP contribution in [0.5, 0.6) is 5.75 Å². The molecule has 0 aliphatic carbocycles. The summed E-state index contributed by atoms with van der Waals surface area (Å²) in [5.74, 6) is 0.331. The molecule has 132 valence electrons. The summed E-state index contributed by atoms with van der Waals surface area (Å²) in [4.78, 5) is 26.9. The fourth-order valence-corrected chi connectivity index (χ4v) is 2.44. The van der Waals surface area contributed by atoms with Crippen LogP contribution in [0, 0.1) is 0 Å². The Labute approximate surface area is 150 Å². The van der Waals surface area contributed by atoms with Crippen molar-refractivity contribution in [2.24, 2.45) is 5.10 Å². The summed E-state index contributed by atoms with van der Waals surface area (Å²) in [5.41, 5.74) is 3.72. The number of H-pyrrole nitrogens is 1. The smallest absolute Gasteiger partial charge is 0.271 e. The van der Waals surface area contributed by atoms with Crippen LogP contribution in [-0.4, -0.2) is 23.2 Å². The van der Waals surface area contributed by atoms with Crippen LogP contribution >= 0.6 is 0 Å². The van der Waals surface area contributed by atoms with E-state index in [2.05, 4.69) is 15.5 Å². The minimum Gasteiger partial charge on any atom is -0.491 e. The molecule has 3 aromatic rings. The number of para-hydroxylation sites is 1. The predicted octanol–water partition coefficient (Wildman–Crippen LogP) is 3.08. The highest BCUT2D eigenvalue weighted by Gasteiger charge is 2.05. The molecule has 2 N–H and O–H groups in total. The van der Waals surface area contributed by atoms with Crippen molar-refractivity contribution < 1.29 is 9.53 Å². The molecule has 1 heterocycles. The number of fused-ring (bicyclic) bond motifs is 1.